The van der Waals surface area contributed by atoms with Gasteiger partial charge in [-0.2, -0.15) is 0 Å². The fourth-order valence-corrected chi connectivity index (χ4v) is 6.76. The number of nitrogens with zero attached hydrogens (tertiary/aromatic N) is 2. The van der Waals surface area contributed by atoms with Gasteiger partial charge in [-0.05, 0) is 122 Å². The highest BCUT2D eigenvalue weighted by Gasteiger charge is 2.43. The molecule has 38 heavy (non-hydrogen) atoms. The number of benzene rings is 5. The minimum absolute atomic E-state index is 0.175. The molecule has 0 amide bonds. The van der Waals surface area contributed by atoms with Crippen molar-refractivity contribution in [3.8, 4) is 0 Å². The van der Waals surface area contributed by atoms with Crippen LogP contribution in [0.5, 0.6) is 0 Å². The van der Waals surface area contributed by atoms with Gasteiger partial charge in [-0.1, -0.05) is 54.1 Å². The molecule has 0 aromatic heterocycles. The van der Waals surface area contributed by atoms with Crippen molar-refractivity contribution < 1.29 is 0 Å². The van der Waals surface area contributed by atoms with E-state index < -0.39 is 0 Å². The van der Waals surface area contributed by atoms with Crippen LogP contribution in [-0.4, -0.2) is 6.71 Å². The lowest BCUT2D eigenvalue weighted by Gasteiger charge is -2.44. The van der Waals surface area contributed by atoms with Gasteiger partial charge in [0, 0.05) is 34.1 Å². The van der Waals surface area contributed by atoms with Crippen molar-refractivity contribution in [2.24, 2.45) is 0 Å². The van der Waals surface area contributed by atoms with E-state index in [0.717, 1.165) is 0 Å². The largest absolute Gasteiger partial charge is 0.311 e. The van der Waals surface area contributed by atoms with Crippen molar-refractivity contribution in [2.45, 2.75) is 34.6 Å². The van der Waals surface area contributed by atoms with E-state index in [0.29, 0.717) is 0 Å². The zero-order valence-electron chi connectivity index (χ0n) is 22.7. The molecule has 0 fully saturated rings. The molecular formula is C35H31BN2. The Morgan fingerprint density at radius 2 is 1.08 bits per heavy atom. The van der Waals surface area contributed by atoms with Crippen LogP contribution in [0.25, 0.3) is 0 Å². The van der Waals surface area contributed by atoms with Crippen LogP contribution in [0.1, 0.15) is 27.8 Å². The number of anilines is 6. The fourth-order valence-electron chi connectivity index (χ4n) is 6.76. The van der Waals surface area contributed by atoms with E-state index in [1.54, 1.807) is 0 Å². The van der Waals surface area contributed by atoms with E-state index in [1.165, 1.54) is 78.3 Å². The zero-order valence-corrected chi connectivity index (χ0v) is 22.7. The molecule has 0 radical (unpaired) electrons. The number of aryl methyl sites for hydroxylation is 5. The molecule has 0 unspecified atom stereocenters. The summed E-state index contributed by atoms with van der Waals surface area (Å²) < 4.78 is 0. The summed E-state index contributed by atoms with van der Waals surface area (Å²) in [7, 11) is 0. The molecule has 0 saturated heterocycles. The van der Waals surface area contributed by atoms with Gasteiger partial charge < -0.3 is 9.80 Å². The quantitative estimate of drug-likeness (QED) is 0.235. The summed E-state index contributed by atoms with van der Waals surface area (Å²) in [6, 6.07) is 36.3. The van der Waals surface area contributed by atoms with Crippen molar-refractivity contribution in [1.82, 2.24) is 0 Å². The van der Waals surface area contributed by atoms with Crippen molar-refractivity contribution in [2.75, 3.05) is 9.80 Å². The van der Waals surface area contributed by atoms with Crippen LogP contribution < -0.4 is 26.2 Å². The van der Waals surface area contributed by atoms with Gasteiger partial charge in [-0.15, -0.1) is 0 Å². The highest BCUT2D eigenvalue weighted by atomic mass is 15.2. The van der Waals surface area contributed by atoms with Crippen LogP contribution in [0.4, 0.5) is 34.1 Å². The van der Waals surface area contributed by atoms with Gasteiger partial charge in [0.15, 0.2) is 0 Å². The third kappa shape index (κ3) is 3.35. The van der Waals surface area contributed by atoms with E-state index in [2.05, 4.69) is 141 Å². The van der Waals surface area contributed by atoms with E-state index in [9.17, 15) is 0 Å². The molecule has 5 aromatic carbocycles. The molecule has 0 aliphatic carbocycles. The molecule has 184 valence electrons. The Labute approximate surface area is 226 Å². The normalized spacial score (nSPS) is 13.2. The maximum Gasteiger partial charge on any atom is 0.252 e. The zero-order chi connectivity index (χ0) is 26.1. The lowest BCUT2D eigenvalue weighted by Crippen LogP contribution is -2.62. The van der Waals surface area contributed by atoms with E-state index in [4.69, 9.17) is 0 Å². The van der Waals surface area contributed by atoms with Gasteiger partial charge >= 0.3 is 0 Å². The van der Waals surface area contributed by atoms with Gasteiger partial charge in [-0.3, -0.25) is 0 Å². The monoisotopic (exact) mass is 490 g/mol. The summed E-state index contributed by atoms with van der Waals surface area (Å²) in [6.07, 6.45) is 0. The Hall–Kier alpha value is -4.24. The second-order valence-electron chi connectivity index (χ2n) is 11.1. The van der Waals surface area contributed by atoms with Crippen LogP contribution in [0.3, 0.4) is 0 Å². The summed E-state index contributed by atoms with van der Waals surface area (Å²) >= 11 is 0. The van der Waals surface area contributed by atoms with Gasteiger partial charge in [0.1, 0.15) is 0 Å². The molecule has 0 bridgehead atoms. The lowest BCUT2D eigenvalue weighted by molar-refractivity contribution is 1.22. The molecular weight excluding hydrogens is 459 g/mol. The predicted octanol–water partition coefficient (Wildman–Crippen LogP) is 7.31. The summed E-state index contributed by atoms with van der Waals surface area (Å²) in [5.74, 6) is 0. The minimum Gasteiger partial charge on any atom is -0.311 e. The van der Waals surface area contributed by atoms with Crippen molar-refractivity contribution in [3.63, 3.8) is 0 Å². The van der Waals surface area contributed by atoms with Crippen LogP contribution in [0.2, 0.25) is 0 Å². The molecule has 7 rings (SSSR count). The predicted molar refractivity (Wildman–Crippen MR) is 164 cm³/mol. The Kier molecular flexibility index (Phi) is 5.06. The molecule has 2 heterocycles. The second kappa shape index (κ2) is 8.39. The van der Waals surface area contributed by atoms with E-state index in [1.807, 2.05) is 0 Å². The Balaban J connectivity index is 1.61. The number of hydrogen-bond donors (Lipinski definition) is 0. The summed E-state index contributed by atoms with van der Waals surface area (Å²) in [5.41, 5.74) is 18.1. The highest BCUT2D eigenvalue weighted by Crippen LogP contribution is 2.44. The maximum atomic E-state index is 2.51. The first kappa shape index (κ1) is 22.9. The number of hydrogen-bond acceptors (Lipinski definition) is 2. The molecule has 5 aromatic rings. The van der Waals surface area contributed by atoms with Crippen molar-refractivity contribution in [1.29, 1.82) is 0 Å². The van der Waals surface area contributed by atoms with Crippen LogP contribution >= 0.6 is 0 Å². The van der Waals surface area contributed by atoms with Crippen molar-refractivity contribution in [3.05, 3.63) is 125 Å². The molecule has 2 nitrogen and oxygen atoms in total. The minimum atomic E-state index is 0.175. The summed E-state index contributed by atoms with van der Waals surface area (Å²) in [6.45, 7) is 11.3. The molecule has 2 aliphatic heterocycles. The molecule has 3 heteroatoms. The summed E-state index contributed by atoms with van der Waals surface area (Å²) in [4.78, 5) is 4.97. The third-order valence-electron chi connectivity index (χ3n) is 8.09. The molecule has 2 aliphatic rings. The molecule has 0 N–H and O–H groups in total. The van der Waals surface area contributed by atoms with Gasteiger partial charge in [0.25, 0.3) is 6.71 Å². The van der Waals surface area contributed by atoms with Gasteiger partial charge in [0.05, 0.1) is 0 Å². The summed E-state index contributed by atoms with van der Waals surface area (Å²) in [5, 5.41) is 0. The molecule has 0 atom stereocenters. The van der Waals surface area contributed by atoms with Crippen LogP contribution in [0, 0.1) is 34.6 Å². The Morgan fingerprint density at radius 3 is 1.79 bits per heavy atom. The Bertz CT molecular complexity index is 1720. The molecule has 0 spiro atoms. The second-order valence-corrected chi connectivity index (χ2v) is 11.1. The first-order chi connectivity index (χ1) is 18.4. The van der Waals surface area contributed by atoms with E-state index >= 15 is 0 Å². The Morgan fingerprint density at radius 1 is 0.447 bits per heavy atom. The smallest absolute Gasteiger partial charge is 0.252 e. The van der Waals surface area contributed by atoms with Crippen LogP contribution in [0.15, 0.2) is 97.1 Å². The number of rotatable bonds is 2. The maximum absolute atomic E-state index is 2.51. The average Bonchev–Trinajstić information content (AvgIpc) is 2.88. The number of para-hydroxylation sites is 1. The highest BCUT2D eigenvalue weighted by molar-refractivity contribution is 7.00. The topological polar surface area (TPSA) is 6.48 Å². The number of fused-ring (bicyclic) bond motifs is 4. The van der Waals surface area contributed by atoms with Gasteiger partial charge in [-0.25, -0.2) is 0 Å². The first-order valence-corrected chi connectivity index (χ1v) is 13.5. The fraction of sp³-hybridized carbons (Fsp3) is 0.143. The first-order valence-electron chi connectivity index (χ1n) is 13.5. The standard InChI is InChI=1S/C35H31BN2/c1-22-14-15-29-32(20-22)37(27-10-7-6-8-11-27)30-12-9-13-31-35(30)36(29)34-26(5)17-25(4)21-33(34)38(31)28-18-23(2)16-24(3)19-28/h6-21H,1-5H3. The van der Waals surface area contributed by atoms with Crippen molar-refractivity contribution >= 4 is 57.2 Å². The molecule has 0 saturated carbocycles. The van der Waals surface area contributed by atoms with Gasteiger partial charge in [0.2, 0.25) is 0 Å². The van der Waals surface area contributed by atoms with Crippen LogP contribution in [-0.2, 0) is 0 Å². The third-order valence-corrected chi connectivity index (χ3v) is 8.09. The van der Waals surface area contributed by atoms with E-state index in [-0.39, 0.29) is 6.71 Å². The SMILES string of the molecule is Cc1cc(C)cc(N2c3cc(C)cc(C)c3B3c4ccc(C)cc4N(c4ccccc4)c4cccc2c43)c1. The average molecular weight is 490 g/mol. The lowest BCUT2D eigenvalue weighted by atomic mass is 9.32.